The average molecular weight is 1110 g/mol. The summed E-state index contributed by atoms with van der Waals surface area (Å²) in [7, 11) is 1.66. The Kier molecular flexibility index (Phi) is 48.8. The van der Waals surface area contributed by atoms with Crippen LogP contribution in [0.5, 0.6) is 0 Å². The van der Waals surface area contributed by atoms with Crippen LogP contribution in [-0.4, -0.2) is 141 Å². The second-order valence-electron chi connectivity index (χ2n) is 16.7. The fourth-order valence-corrected chi connectivity index (χ4v) is 6.43. The van der Waals surface area contributed by atoms with E-state index in [1.54, 1.807) is 25.7 Å². The highest BCUT2D eigenvalue weighted by Crippen LogP contribution is 2.12. The molecule has 0 saturated heterocycles. The number of amides is 4. The normalized spacial score (nSPS) is 13.3. The highest BCUT2D eigenvalue weighted by atomic mass is 32.2. The zero-order valence-corrected chi connectivity index (χ0v) is 48.4. The molecule has 4 amide bonds. The summed E-state index contributed by atoms with van der Waals surface area (Å²) < 4.78 is 48.0. The Labute approximate surface area is 454 Å². The predicted molar refractivity (Wildman–Crippen MR) is 299 cm³/mol. The highest BCUT2D eigenvalue weighted by molar-refractivity contribution is 7.98. The number of ketones is 4. The number of thiol groups is 1. The number of benzene rings is 2. The van der Waals surface area contributed by atoms with Gasteiger partial charge in [-0.15, -0.1) is 11.8 Å². The van der Waals surface area contributed by atoms with E-state index in [1.807, 2.05) is 34.6 Å². The zero-order chi connectivity index (χ0) is 58.6. The molecule has 0 fully saturated rings. The average Bonchev–Trinajstić information content (AvgIpc) is 3.41. The summed E-state index contributed by atoms with van der Waals surface area (Å²) in [5, 5.41) is 18.6. The van der Waals surface area contributed by atoms with Crippen LogP contribution in [0.4, 0.5) is 17.6 Å². The topological polar surface area (TPSA) is 247 Å². The number of carbonyl (C=O) groups is 8. The standard InChI is InChI=1S/C17H25FN2O2S.C9H17FN2O2S.C9H17FN2O2.C8H15FN2O2.C8H10.C2H6/c1-4-15(17(22)20-13(3)16(21)9-18)19-11-23-10-14-7-5-12(2)6-8-14;1-3-7(11-5-15)9(14)12-6(2)8(13)4-10;1-4-7(11-3)9(14)12-6(2)8(13)5-10;1-3-6(10)8(13)11-5(2)7(12)4-9;1-7-3-5-8(2)6-4-7;1-2/h5-8,13,15,19H,4,9-11H2,1-3H3,(H,20,22);6-7,11,15H,3-5H2,1-2H3,(H,12,14);6-7,11H,4-5H2,1-3H3,(H,12,14);5-6H,3-4,10H2,1-2H3,(H,11,13);3-6H,1-2H3;1-2H3/t13-,15?;2*6-,7?;5-,6?;;/m0000../s1. The molecule has 0 radical (unpaired) electrons. The second-order valence-corrected chi connectivity index (χ2v) is 18.0. The molecule has 22 heteroatoms. The number of hydrogen-bond donors (Lipinski definition) is 9. The van der Waals surface area contributed by atoms with Gasteiger partial charge >= 0.3 is 0 Å². The van der Waals surface area contributed by atoms with Crippen LogP contribution in [0.1, 0.15) is 117 Å². The van der Waals surface area contributed by atoms with Crippen molar-refractivity contribution in [2.75, 3.05) is 45.5 Å². The SMILES string of the molecule is CC.CCC(N)C(=O)N[C@@H](C)C(=O)CF.CCC(NC)C(=O)N[C@@H](C)C(=O)CF.CCC(NCS)C(=O)N[C@@H](C)C(=O)CF.CCC(NCSCc1ccc(C)cc1)C(=O)N[C@@H](C)C(=O)CF.Cc1ccc(C)cc1. The number of alkyl halides is 4. The van der Waals surface area contributed by atoms with Gasteiger partial charge in [0.25, 0.3) is 0 Å². The first-order valence-corrected chi connectivity index (χ1v) is 26.9. The number of hydrogen-bond acceptors (Lipinski definition) is 14. The first-order valence-electron chi connectivity index (χ1n) is 25.1. The van der Waals surface area contributed by atoms with Crippen LogP contribution in [-0.2, 0) is 44.1 Å². The van der Waals surface area contributed by atoms with E-state index in [9.17, 15) is 55.9 Å². The summed E-state index contributed by atoms with van der Waals surface area (Å²) >= 11 is 5.63. The molecule has 8 atom stereocenters. The smallest absolute Gasteiger partial charge is 0.237 e. The molecular formula is C53H90F4N8O8S2. The summed E-state index contributed by atoms with van der Waals surface area (Å²) in [6, 6.07) is 12.0. The van der Waals surface area contributed by atoms with Crippen molar-refractivity contribution in [2.24, 2.45) is 5.73 Å². The molecule has 0 aliphatic rings. The Morgan fingerprint density at radius 2 is 0.800 bits per heavy atom. The van der Waals surface area contributed by atoms with Gasteiger partial charge in [-0.05, 0) is 86.8 Å². The van der Waals surface area contributed by atoms with Crippen LogP contribution in [0, 0.1) is 20.8 Å². The van der Waals surface area contributed by atoms with E-state index >= 15 is 0 Å². The van der Waals surface area contributed by atoms with E-state index in [1.165, 1.54) is 49.9 Å². The molecule has 2 rings (SSSR count). The van der Waals surface area contributed by atoms with E-state index in [0.29, 0.717) is 37.4 Å². The maximum atomic E-state index is 12.3. The van der Waals surface area contributed by atoms with Crippen LogP contribution in [0.25, 0.3) is 0 Å². The van der Waals surface area contributed by atoms with Crippen LogP contribution in [0.2, 0.25) is 0 Å². The number of rotatable bonds is 28. The number of carbonyl (C=O) groups excluding carboxylic acids is 8. The minimum atomic E-state index is -1.07. The molecule has 75 heavy (non-hydrogen) atoms. The molecule has 4 unspecified atom stereocenters. The van der Waals surface area contributed by atoms with Crippen LogP contribution in [0.3, 0.4) is 0 Å². The highest BCUT2D eigenvalue weighted by Gasteiger charge is 2.23. The van der Waals surface area contributed by atoms with Gasteiger partial charge in [0, 0.05) is 17.5 Å². The molecule has 9 N–H and O–H groups in total. The fourth-order valence-electron chi connectivity index (χ4n) is 5.36. The van der Waals surface area contributed by atoms with E-state index in [2.05, 4.69) is 119 Å². The van der Waals surface area contributed by atoms with Gasteiger partial charge in [0.15, 0.2) is 23.1 Å². The van der Waals surface area contributed by atoms with Gasteiger partial charge < -0.3 is 32.3 Å². The number of aryl methyl sites for hydroxylation is 3. The maximum absolute atomic E-state index is 12.3. The molecule has 0 heterocycles. The van der Waals surface area contributed by atoms with Crippen molar-refractivity contribution in [2.45, 2.75) is 170 Å². The number of halogens is 4. The summed E-state index contributed by atoms with van der Waals surface area (Å²) in [5.41, 5.74) is 10.5. The first-order chi connectivity index (χ1) is 35.4. The lowest BCUT2D eigenvalue weighted by atomic mass is 10.1. The third-order valence-corrected chi connectivity index (χ3v) is 11.7. The number of likely N-dealkylation sites (N-methyl/N-ethyl adjacent to an activating group) is 1. The van der Waals surface area contributed by atoms with Gasteiger partial charge in [-0.25, -0.2) is 17.6 Å². The van der Waals surface area contributed by atoms with Gasteiger partial charge in [0.1, 0.15) is 26.7 Å². The number of thioether (sulfide) groups is 1. The predicted octanol–water partition coefficient (Wildman–Crippen LogP) is 6.01. The Bertz CT molecular complexity index is 1880. The molecule has 0 aromatic heterocycles. The molecule has 2 aromatic carbocycles. The number of nitrogens with two attached hydrogens (primary N) is 1. The van der Waals surface area contributed by atoms with Crippen LogP contribution < -0.4 is 43.0 Å². The fraction of sp³-hybridized carbons (Fsp3) is 0.623. The van der Waals surface area contributed by atoms with Crippen molar-refractivity contribution in [1.29, 1.82) is 0 Å². The van der Waals surface area contributed by atoms with Crippen molar-refractivity contribution in [1.82, 2.24) is 37.2 Å². The number of nitrogens with one attached hydrogen (secondary N) is 7. The van der Waals surface area contributed by atoms with Crippen LogP contribution in [0.15, 0.2) is 48.5 Å². The van der Waals surface area contributed by atoms with E-state index in [-0.39, 0.29) is 29.8 Å². The third kappa shape index (κ3) is 37.6. The molecule has 0 aliphatic carbocycles. The van der Waals surface area contributed by atoms with Crippen molar-refractivity contribution in [3.63, 3.8) is 0 Å². The summed E-state index contributed by atoms with van der Waals surface area (Å²) in [6.07, 6.45) is 2.30. The van der Waals surface area contributed by atoms with Gasteiger partial charge in [-0.1, -0.05) is 107 Å². The van der Waals surface area contributed by atoms with Crippen molar-refractivity contribution >= 4 is 71.2 Å². The lowest BCUT2D eigenvalue weighted by Crippen LogP contribution is -2.49. The van der Waals surface area contributed by atoms with Gasteiger partial charge in [-0.3, -0.25) is 49.0 Å². The largest absolute Gasteiger partial charge is 0.345 e. The molecule has 2 aromatic rings. The maximum Gasteiger partial charge on any atom is 0.237 e. The minimum Gasteiger partial charge on any atom is -0.345 e. The van der Waals surface area contributed by atoms with Gasteiger partial charge in [0.2, 0.25) is 23.6 Å². The van der Waals surface area contributed by atoms with Crippen molar-refractivity contribution in [3.05, 3.63) is 70.8 Å². The summed E-state index contributed by atoms with van der Waals surface area (Å²) in [4.78, 5) is 89.7. The second kappa shape index (κ2) is 47.7. The summed E-state index contributed by atoms with van der Waals surface area (Å²) in [6.45, 7) is 19.2. The van der Waals surface area contributed by atoms with Crippen molar-refractivity contribution in [3.8, 4) is 0 Å². The Morgan fingerprint density at radius 1 is 0.507 bits per heavy atom. The van der Waals surface area contributed by atoms with Crippen LogP contribution >= 0.6 is 24.4 Å². The lowest BCUT2D eigenvalue weighted by molar-refractivity contribution is -0.129. The monoisotopic (exact) mass is 1110 g/mol. The Balaban J connectivity index is -0.000000431. The first kappa shape index (κ1) is 76.8. The number of Topliss-reactive ketones (excluding diaryl/α,β-unsaturated/α-hetero) is 4. The quantitative estimate of drug-likeness (QED) is 0.0206. The van der Waals surface area contributed by atoms with E-state index in [0.717, 1.165) is 5.75 Å². The lowest BCUT2D eigenvalue weighted by Gasteiger charge is -2.19. The zero-order valence-electron chi connectivity index (χ0n) is 46.7. The van der Waals surface area contributed by atoms with Gasteiger partial charge in [0.05, 0.1) is 48.3 Å². The molecular weight excluding hydrogens is 1020 g/mol. The molecule has 430 valence electrons. The van der Waals surface area contributed by atoms with E-state index < -0.39 is 92.0 Å². The Hall–Kier alpha value is -4.74. The summed E-state index contributed by atoms with van der Waals surface area (Å²) in [5.74, 6) is -1.88. The molecule has 16 nitrogen and oxygen atoms in total. The van der Waals surface area contributed by atoms with Gasteiger partial charge in [-0.2, -0.15) is 12.6 Å². The van der Waals surface area contributed by atoms with Crippen molar-refractivity contribution < 1.29 is 55.9 Å². The third-order valence-electron chi connectivity index (χ3n) is 10.6. The minimum absolute atomic E-state index is 0.266. The molecule has 0 aliphatic heterocycles. The molecule has 0 spiro atoms. The molecule has 0 bridgehead atoms. The Morgan fingerprint density at radius 3 is 1.08 bits per heavy atom. The van der Waals surface area contributed by atoms with E-state index in [4.69, 9.17) is 5.73 Å². The molecule has 0 saturated carbocycles.